The summed E-state index contributed by atoms with van der Waals surface area (Å²) in [6.07, 6.45) is 4.74. The van der Waals surface area contributed by atoms with Crippen LogP contribution in [0.1, 0.15) is 23.1 Å². The fraction of sp³-hybridized carbons (Fsp3) is 0.174. The molecule has 0 unspecified atom stereocenters. The van der Waals surface area contributed by atoms with Crippen LogP contribution in [0.4, 0.5) is 0 Å². The van der Waals surface area contributed by atoms with Gasteiger partial charge < -0.3 is 5.32 Å². The Morgan fingerprint density at radius 3 is 2.68 bits per heavy atom. The molecule has 1 N–H and O–H groups in total. The third kappa shape index (κ3) is 4.09. The van der Waals surface area contributed by atoms with Crippen LogP contribution < -0.4 is 5.32 Å². The third-order valence-corrected chi connectivity index (χ3v) is 4.73. The molecule has 2 heterocycles. The maximum atomic E-state index is 12.1. The zero-order chi connectivity index (χ0) is 19.3. The van der Waals surface area contributed by atoms with Crippen LogP contribution in [0, 0.1) is 6.92 Å². The number of aromatic nitrogens is 3. The van der Waals surface area contributed by atoms with E-state index in [0.29, 0.717) is 19.4 Å². The van der Waals surface area contributed by atoms with Crippen LogP contribution in [0.15, 0.2) is 73.2 Å². The lowest BCUT2D eigenvalue weighted by molar-refractivity contribution is -0.121. The van der Waals surface area contributed by atoms with Crippen molar-refractivity contribution in [2.24, 2.45) is 0 Å². The first-order valence-electron chi connectivity index (χ1n) is 9.39. The van der Waals surface area contributed by atoms with Crippen LogP contribution in [0.25, 0.3) is 16.9 Å². The lowest BCUT2D eigenvalue weighted by Crippen LogP contribution is -2.23. The molecule has 0 bridgehead atoms. The molecular weight excluding hydrogens is 348 g/mol. The number of benzene rings is 2. The van der Waals surface area contributed by atoms with Gasteiger partial charge in [0.05, 0.1) is 0 Å². The van der Waals surface area contributed by atoms with Crippen LogP contribution in [0.2, 0.25) is 0 Å². The predicted octanol–water partition coefficient (Wildman–Crippen LogP) is 3.98. The van der Waals surface area contributed by atoms with Crippen LogP contribution in [-0.2, 0) is 17.8 Å². The number of hydrogen-bond acceptors (Lipinski definition) is 3. The van der Waals surface area contributed by atoms with Gasteiger partial charge in [-0.25, -0.2) is 9.97 Å². The molecule has 4 aromatic rings. The molecule has 28 heavy (non-hydrogen) atoms. The first-order valence-corrected chi connectivity index (χ1v) is 9.39. The molecule has 0 aliphatic heterocycles. The van der Waals surface area contributed by atoms with E-state index in [1.807, 2.05) is 41.0 Å². The van der Waals surface area contributed by atoms with E-state index in [2.05, 4.69) is 46.5 Å². The van der Waals surface area contributed by atoms with E-state index in [-0.39, 0.29) is 5.91 Å². The second kappa shape index (κ2) is 8.05. The summed E-state index contributed by atoms with van der Waals surface area (Å²) in [7, 11) is 0. The summed E-state index contributed by atoms with van der Waals surface area (Å²) in [5.41, 5.74) is 6.18. The molecule has 4 rings (SSSR count). The third-order valence-electron chi connectivity index (χ3n) is 4.73. The highest BCUT2D eigenvalue weighted by Crippen LogP contribution is 2.17. The monoisotopic (exact) mass is 370 g/mol. The van der Waals surface area contributed by atoms with Gasteiger partial charge >= 0.3 is 0 Å². The SMILES string of the molecule is Cc1cccc(CNC(=O)CCc2ccc(-n3cnc4cccnc43)cc2)c1. The van der Waals surface area contributed by atoms with Gasteiger partial charge in [-0.15, -0.1) is 0 Å². The Labute approximate surface area is 164 Å². The number of nitrogens with zero attached hydrogens (tertiary/aromatic N) is 3. The van der Waals surface area contributed by atoms with Crippen molar-refractivity contribution < 1.29 is 4.79 Å². The molecule has 0 atom stereocenters. The number of nitrogens with one attached hydrogen (secondary N) is 1. The van der Waals surface area contributed by atoms with Gasteiger partial charge in [0.2, 0.25) is 5.91 Å². The number of amides is 1. The first-order chi connectivity index (χ1) is 13.7. The minimum absolute atomic E-state index is 0.0652. The fourth-order valence-electron chi connectivity index (χ4n) is 3.23. The predicted molar refractivity (Wildman–Crippen MR) is 110 cm³/mol. The van der Waals surface area contributed by atoms with Crippen molar-refractivity contribution in [3.05, 3.63) is 89.9 Å². The summed E-state index contributed by atoms with van der Waals surface area (Å²) in [6.45, 7) is 2.62. The van der Waals surface area contributed by atoms with Gasteiger partial charge in [0, 0.05) is 24.8 Å². The number of hydrogen-bond donors (Lipinski definition) is 1. The van der Waals surface area contributed by atoms with Crippen LogP contribution in [-0.4, -0.2) is 20.4 Å². The Balaban J connectivity index is 1.34. The molecule has 140 valence electrons. The van der Waals surface area contributed by atoms with Gasteiger partial charge in [-0.05, 0) is 48.7 Å². The first kappa shape index (κ1) is 17.9. The van der Waals surface area contributed by atoms with E-state index in [1.54, 1.807) is 12.5 Å². The van der Waals surface area contributed by atoms with E-state index < -0.39 is 0 Å². The van der Waals surface area contributed by atoms with Gasteiger partial charge in [0.25, 0.3) is 0 Å². The van der Waals surface area contributed by atoms with E-state index in [4.69, 9.17) is 0 Å². The highest BCUT2D eigenvalue weighted by molar-refractivity contribution is 5.76. The molecule has 5 nitrogen and oxygen atoms in total. The Kier molecular flexibility index (Phi) is 5.15. The second-order valence-corrected chi connectivity index (χ2v) is 6.89. The van der Waals surface area contributed by atoms with E-state index in [0.717, 1.165) is 28.0 Å². The number of carbonyl (C=O) groups excluding carboxylic acids is 1. The topological polar surface area (TPSA) is 59.8 Å². The zero-order valence-corrected chi connectivity index (χ0v) is 15.8. The van der Waals surface area contributed by atoms with Gasteiger partial charge in [0.1, 0.15) is 11.8 Å². The van der Waals surface area contributed by atoms with E-state index in [9.17, 15) is 4.79 Å². The largest absolute Gasteiger partial charge is 0.352 e. The highest BCUT2D eigenvalue weighted by atomic mass is 16.1. The summed E-state index contributed by atoms with van der Waals surface area (Å²) in [5, 5.41) is 2.99. The van der Waals surface area contributed by atoms with Crippen LogP contribution >= 0.6 is 0 Å². The van der Waals surface area contributed by atoms with Crippen molar-refractivity contribution in [2.45, 2.75) is 26.3 Å². The van der Waals surface area contributed by atoms with Crippen molar-refractivity contribution in [1.82, 2.24) is 19.9 Å². The van der Waals surface area contributed by atoms with E-state index in [1.165, 1.54) is 5.56 Å². The van der Waals surface area contributed by atoms with Crippen molar-refractivity contribution in [3.63, 3.8) is 0 Å². The number of fused-ring (bicyclic) bond motifs is 1. The van der Waals surface area contributed by atoms with Gasteiger partial charge in [-0.1, -0.05) is 42.0 Å². The summed E-state index contributed by atoms with van der Waals surface area (Å²) >= 11 is 0. The quantitative estimate of drug-likeness (QED) is 0.558. The number of rotatable bonds is 6. The second-order valence-electron chi connectivity index (χ2n) is 6.89. The Bertz CT molecular complexity index is 1100. The average molecular weight is 370 g/mol. The Morgan fingerprint density at radius 2 is 1.86 bits per heavy atom. The molecule has 0 saturated carbocycles. The molecule has 2 aromatic heterocycles. The Morgan fingerprint density at radius 1 is 1.00 bits per heavy atom. The molecule has 5 heteroatoms. The molecule has 1 amide bonds. The molecule has 0 radical (unpaired) electrons. The molecule has 0 aliphatic carbocycles. The number of aryl methyl sites for hydroxylation is 2. The van der Waals surface area contributed by atoms with Gasteiger partial charge in [-0.3, -0.25) is 9.36 Å². The molecule has 2 aromatic carbocycles. The summed E-state index contributed by atoms with van der Waals surface area (Å²) in [6, 6.07) is 20.2. The van der Waals surface area contributed by atoms with Crippen molar-refractivity contribution >= 4 is 17.1 Å². The van der Waals surface area contributed by atoms with Crippen molar-refractivity contribution in [3.8, 4) is 5.69 Å². The maximum absolute atomic E-state index is 12.1. The normalized spacial score (nSPS) is 10.9. The summed E-state index contributed by atoms with van der Waals surface area (Å²) in [4.78, 5) is 20.9. The van der Waals surface area contributed by atoms with Gasteiger partial charge in [-0.2, -0.15) is 0 Å². The Hall–Kier alpha value is -3.47. The highest BCUT2D eigenvalue weighted by Gasteiger charge is 2.06. The number of pyridine rings is 1. The fourth-order valence-corrected chi connectivity index (χ4v) is 3.23. The van der Waals surface area contributed by atoms with Crippen LogP contribution in [0.5, 0.6) is 0 Å². The standard InChI is InChI=1S/C23H22N4O/c1-17-4-2-5-19(14-17)15-25-22(28)12-9-18-7-10-20(11-8-18)27-16-26-21-6-3-13-24-23(21)27/h2-8,10-11,13-14,16H,9,12,15H2,1H3,(H,25,28). The number of imidazole rings is 1. The number of carbonyl (C=O) groups is 1. The maximum Gasteiger partial charge on any atom is 0.220 e. The van der Waals surface area contributed by atoms with E-state index >= 15 is 0 Å². The minimum Gasteiger partial charge on any atom is -0.352 e. The smallest absolute Gasteiger partial charge is 0.220 e. The lowest BCUT2D eigenvalue weighted by Gasteiger charge is -2.08. The van der Waals surface area contributed by atoms with Gasteiger partial charge in [0.15, 0.2) is 5.65 Å². The minimum atomic E-state index is 0.0652. The molecule has 0 saturated heterocycles. The molecule has 0 aliphatic rings. The molecular formula is C23H22N4O. The van der Waals surface area contributed by atoms with Crippen LogP contribution in [0.3, 0.4) is 0 Å². The summed E-state index contributed by atoms with van der Waals surface area (Å²) < 4.78 is 1.97. The lowest BCUT2D eigenvalue weighted by atomic mass is 10.1. The molecule has 0 spiro atoms. The summed E-state index contributed by atoms with van der Waals surface area (Å²) in [5.74, 6) is 0.0652. The molecule has 0 fully saturated rings. The van der Waals surface area contributed by atoms with Crippen molar-refractivity contribution in [1.29, 1.82) is 0 Å². The zero-order valence-electron chi connectivity index (χ0n) is 15.8. The van der Waals surface area contributed by atoms with Crippen molar-refractivity contribution in [2.75, 3.05) is 0 Å². The average Bonchev–Trinajstić information content (AvgIpc) is 3.15.